The highest BCUT2D eigenvalue weighted by Gasteiger charge is 2.15. The van der Waals surface area contributed by atoms with Gasteiger partial charge < -0.3 is 35.8 Å². The van der Waals surface area contributed by atoms with Crippen LogP contribution in [0.5, 0.6) is 0 Å². The van der Waals surface area contributed by atoms with Crippen molar-refractivity contribution in [3.05, 3.63) is 96.3 Å². The van der Waals surface area contributed by atoms with Gasteiger partial charge in [0, 0.05) is 76.3 Å². The van der Waals surface area contributed by atoms with E-state index in [-0.39, 0.29) is 11.8 Å². The molecule has 9 heteroatoms. The Morgan fingerprint density at radius 1 is 0.574 bits per heavy atom. The van der Waals surface area contributed by atoms with Gasteiger partial charge in [-0.2, -0.15) is 0 Å². The lowest BCUT2D eigenvalue weighted by Crippen LogP contribution is -2.30. The Labute approximate surface area is 272 Å². The number of aromatic amines is 2. The van der Waals surface area contributed by atoms with Crippen LogP contribution in [0.3, 0.4) is 0 Å². The Hall–Kier alpha value is -5.38. The molecule has 3 heterocycles. The number of rotatable bonds is 11. The van der Waals surface area contributed by atoms with Crippen LogP contribution in [0, 0.1) is 0 Å². The number of H-pyrrole nitrogens is 2. The standard InChI is InChI=1S/C38H39N7O2/c1-4-45-35-11-7-25(23-5-9-31-27(17-23)21-33(43-31)37(46)41-15-13-39-2)19-29(35)30-20-26(8-12-36(30)45)24-6-10-32-28(18-24)22-34(44-32)38(47)42-16-14-40-3/h5-12,17-22,39-40,43-44H,4,13-16H2,1-3H3,(H,41,46)(H,42,47). The van der Waals surface area contributed by atoms with Crippen molar-refractivity contribution in [2.45, 2.75) is 13.5 Å². The Morgan fingerprint density at radius 2 is 1.00 bits per heavy atom. The molecule has 3 aromatic heterocycles. The van der Waals surface area contributed by atoms with Crippen molar-refractivity contribution < 1.29 is 9.59 Å². The zero-order valence-corrected chi connectivity index (χ0v) is 26.9. The van der Waals surface area contributed by atoms with E-state index < -0.39 is 0 Å². The lowest BCUT2D eigenvalue weighted by atomic mass is 9.99. The number of benzene rings is 4. The summed E-state index contributed by atoms with van der Waals surface area (Å²) in [5, 5.41) is 16.3. The zero-order valence-electron chi connectivity index (χ0n) is 26.9. The average Bonchev–Trinajstić information content (AvgIpc) is 3.81. The summed E-state index contributed by atoms with van der Waals surface area (Å²) in [5.74, 6) is -0.214. The van der Waals surface area contributed by atoms with Gasteiger partial charge in [0.1, 0.15) is 11.4 Å². The molecule has 7 rings (SSSR count). The SMILES string of the molecule is CCn1c2ccc(-c3ccc4[nH]c(C(=O)NCCNC)cc4c3)cc2c2cc(-c3ccc4[nH]c(C(=O)NCCNC)cc4c3)ccc21. The molecule has 0 aliphatic heterocycles. The smallest absolute Gasteiger partial charge is 0.267 e. The summed E-state index contributed by atoms with van der Waals surface area (Å²) in [4.78, 5) is 31.8. The highest BCUT2D eigenvalue weighted by Crippen LogP contribution is 2.36. The molecule has 47 heavy (non-hydrogen) atoms. The number of nitrogens with zero attached hydrogens (tertiary/aromatic N) is 1. The van der Waals surface area contributed by atoms with E-state index in [4.69, 9.17) is 0 Å². The van der Waals surface area contributed by atoms with E-state index in [9.17, 15) is 9.59 Å². The second-order valence-electron chi connectivity index (χ2n) is 11.9. The summed E-state index contributed by atoms with van der Waals surface area (Å²) in [6.45, 7) is 5.62. The summed E-state index contributed by atoms with van der Waals surface area (Å²) in [6, 6.07) is 29.8. The van der Waals surface area contributed by atoms with E-state index in [0.717, 1.165) is 63.7 Å². The number of carbonyl (C=O) groups excluding carboxylic acids is 2. The summed E-state index contributed by atoms with van der Waals surface area (Å²) in [6.07, 6.45) is 0. The summed E-state index contributed by atoms with van der Waals surface area (Å²) in [7, 11) is 3.73. The maximum Gasteiger partial charge on any atom is 0.267 e. The zero-order chi connectivity index (χ0) is 32.5. The number of aromatic nitrogens is 3. The fraction of sp³-hybridized carbons (Fsp3) is 0.211. The van der Waals surface area contributed by atoms with E-state index in [1.54, 1.807) is 0 Å². The molecule has 0 fully saturated rings. The first-order valence-electron chi connectivity index (χ1n) is 16.1. The van der Waals surface area contributed by atoms with Crippen molar-refractivity contribution in [1.82, 2.24) is 35.8 Å². The number of fused-ring (bicyclic) bond motifs is 5. The topological polar surface area (TPSA) is 119 Å². The molecule has 9 nitrogen and oxygen atoms in total. The van der Waals surface area contributed by atoms with Gasteiger partial charge in [-0.3, -0.25) is 9.59 Å². The molecule has 0 aliphatic carbocycles. The number of aryl methyl sites for hydroxylation is 1. The van der Waals surface area contributed by atoms with Crippen LogP contribution in [-0.4, -0.2) is 66.6 Å². The van der Waals surface area contributed by atoms with Crippen LogP contribution >= 0.6 is 0 Å². The van der Waals surface area contributed by atoms with Crippen molar-refractivity contribution in [3.63, 3.8) is 0 Å². The van der Waals surface area contributed by atoms with Crippen molar-refractivity contribution in [1.29, 1.82) is 0 Å². The van der Waals surface area contributed by atoms with Gasteiger partial charge in [-0.15, -0.1) is 0 Å². The second-order valence-corrected chi connectivity index (χ2v) is 11.9. The van der Waals surface area contributed by atoms with E-state index in [0.29, 0.717) is 24.5 Å². The number of hydrogen-bond donors (Lipinski definition) is 6. The molecule has 238 valence electrons. The van der Waals surface area contributed by atoms with Crippen molar-refractivity contribution in [3.8, 4) is 22.3 Å². The maximum atomic E-state index is 12.6. The van der Waals surface area contributed by atoms with Gasteiger partial charge in [0.05, 0.1) is 0 Å². The van der Waals surface area contributed by atoms with Crippen LogP contribution in [0.1, 0.15) is 27.9 Å². The van der Waals surface area contributed by atoms with Gasteiger partial charge in [0.25, 0.3) is 11.8 Å². The number of amides is 2. The van der Waals surface area contributed by atoms with Crippen LogP contribution < -0.4 is 21.3 Å². The van der Waals surface area contributed by atoms with E-state index in [1.165, 1.54) is 21.8 Å². The molecule has 0 atom stereocenters. The number of carbonyl (C=O) groups is 2. The normalized spacial score (nSPS) is 11.6. The number of likely N-dealkylation sites (N-methyl/N-ethyl adjacent to an activating group) is 2. The first kappa shape index (κ1) is 30.3. The molecule has 0 bridgehead atoms. The monoisotopic (exact) mass is 625 g/mol. The molecule has 2 amide bonds. The predicted molar refractivity (Wildman–Crippen MR) is 192 cm³/mol. The highest BCUT2D eigenvalue weighted by molar-refractivity contribution is 6.11. The van der Waals surface area contributed by atoms with Gasteiger partial charge in [0.2, 0.25) is 0 Å². The molecule has 0 unspecified atom stereocenters. The highest BCUT2D eigenvalue weighted by atomic mass is 16.2. The van der Waals surface area contributed by atoms with Gasteiger partial charge in [-0.25, -0.2) is 0 Å². The average molecular weight is 626 g/mol. The number of nitrogens with one attached hydrogen (secondary N) is 6. The molecule has 0 aliphatic rings. The van der Waals surface area contributed by atoms with Crippen LogP contribution in [0.15, 0.2) is 84.9 Å². The van der Waals surface area contributed by atoms with Crippen LogP contribution in [0.2, 0.25) is 0 Å². The molecule has 4 aromatic carbocycles. The molecule has 0 saturated carbocycles. The van der Waals surface area contributed by atoms with E-state index >= 15 is 0 Å². The second kappa shape index (κ2) is 12.8. The summed E-state index contributed by atoms with van der Waals surface area (Å²) in [5.41, 5.74) is 9.81. The fourth-order valence-electron chi connectivity index (χ4n) is 6.47. The van der Waals surface area contributed by atoms with Crippen molar-refractivity contribution >= 4 is 55.4 Å². The third-order valence-corrected chi connectivity index (χ3v) is 8.90. The quantitative estimate of drug-likeness (QED) is 0.0988. The molecule has 0 radical (unpaired) electrons. The molecule has 0 spiro atoms. The molecule has 7 aromatic rings. The third kappa shape index (κ3) is 5.75. The minimum atomic E-state index is -0.107. The van der Waals surface area contributed by atoms with Crippen LogP contribution in [-0.2, 0) is 6.54 Å². The minimum absolute atomic E-state index is 0.107. The van der Waals surface area contributed by atoms with Gasteiger partial charge in [-0.1, -0.05) is 24.3 Å². The van der Waals surface area contributed by atoms with Crippen LogP contribution in [0.25, 0.3) is 65.9 Å². The van der Waals surface area contributed by atoms with Gasteiger partial charge >= 0.3 is 0 Å². The van der Waals surface area contributed by atoms with Gasteiger partial charge in [0.15, 0.2) is 0 Å². The molecular formula is C38H39N7O2. The minimum Gasteiger partial charge on any atom is -0.351 e. The Morgan fingerprint density at radius 3 is 1.43 bits per heavy atom. The summed E-state index contributed by atoms with van der Waals surface area (Å²) >= 11 is 0. The van der Waals surface area contributed by atoms with Crippen molar-refractivity contribution in [2.24, 2.45) is 0 Å². The van der Waals surface area contributed by atoms with Crippen LogP contribution in [0.4, 0.5) is 0 Å². The predicted octanol–water partition coefficient (Wildman–Crippen LogP) is 6.01. The van der Waals surface area contributed by atoms with Gasteiger partial charge in [-0.05, 0) is 104 Å². The third-order valence-electron chi connectivity index (χ3n) is 8.90. The lowest BCUT2D eigenvalue weighted by molar-refractivity contribution is 0.0942. The van der Waals surface area contributed by atoms with E-state index in [1.807, 2.05) is 38.4 Å². The largest absolute Gasteiger partial charge is 0.351 e. The summed E-state index contributed by atoms with van der Waals surface area (Å²) < 4.78 is 2.36. The van der Waals surface area contributed by atoms with E-state index in [2.05, 4.69) is 103 Å². The first-order valence-corrected chi connectivity index (χ1v) is 16.1. The molecule has 0 saturated heterocycles. The fourth-order valence-corrected chi connectivity index (χ4v) is 6.47. The maximum absolute atomic E-state index is 12.6. The Balaban J connectivity index is 1.23. The Kier molecular flexibility index (Phi) is 8.24. The first-order chi connectivity index (χ1) is 23.0. The Bertz CT molecular complexity index is 2120. The lowest BCUT2D eigenvalue weighted by Gasteiger charge is -2.05. The molecular weight excluding hydrogens is 586 g/mol. The molecule has 6 N–H and O–H groups in total. The number of hydrogen-bond acceptors (Lipinski definition) is 4. The van der Waals surface area contributed by atoms with Crippen molar-refractivity contribution in [2.75, 3.05) is 40.3 Å².